The van der Waals surface area contributed by atoms with Crippen molar-refractivity contribution in [1.29, 1.82) is 0 Å². The standard InChI is InChI=1S/C18H14N4O4S2/c23-16-7-6-12(8-15(16)22(25)26)9-19-21-17(24)11-28-18-20-14(10-27-18)13-4-2-1-3-5-13/h1-10,23H,11H2,(H,21,24)/b19-9+. The molecule has 1 amide bonds. The zero-order valence-electron chi connectivity index (χ0n) is 14.3. The number of hydrogen-bond donors (Lipinski definition) is 2. The van der Waals surface area contributed by atoms with Crippen LogP contribution in [0.2, 0.25) is 0 Å². The smallest absolute Gasteiger partial charge is 0.311 e. The highest BCUT2D eigenvalue weighted by atomic mass is 32.2. The van der Waals surface area contributed by atoms with Crippen molar-refractivity contribution in [2.45, 2.75) is 4.34 Å². The van der Waals surface area contributed by atoms with Crippen LogP contribution in [0.5, 0.6) is 5.75 Å². The lowest BCUT2D eigenvalue weighted by Crippen LogP contribution is -2.19. The predicted molar refractivity (Wildman–Crippen MR) is 109 cm³/mol. The van der Waals surface area contributed by atoms with Crippen molar-refractivity contribution in [1.82, 2.24) is 10.4 Å². The molecule has 3 rings (SSSR count). The molecule has 0 atom stereocenters. The average molecular weight is 414 g/mol. The van der Waals surface area contributed by atoms with Crippen LogP contribution < -0.4 is 5.43 Å². The molecule has 0 aliphatic heterocycles. The normalized spacial score (nSPS) is 10.9. The molecule has 0 bridgehead atoms. The van der Waals surface area contributed by atoms with Crippen LogP contribution in [0, 0.1) is 10.1 Å². The van der Waals surface area contributed by atoms with Crippen LogP contribution in [-0.2, 0) is 4.79 Å². The van der Waals surface area contributed by atoms with Gasteiger partial charge in [0, 0.05) is 22.6 Å². The van der Waals surface area contributed by atoms with E-state index in [2.05, 4.69) is 15.5 Å². The highest BCUT2D eigenvalue weighted by molar-refractivity contribution is 8.01. The summed E-state index contributed by atoms with van der Waals surface area (Å²) in [5, 5.41) is 25.9. The van der Waals surface area contributed by atoms with Gasteiger partial charge < -0.3 is 5.11 Å². The number of thioether (sulfide) groups is 1. The predicted octanol–water partition coefficient (Wildman–Crippen LogP) is 3.67. The van der Waals surface area contributed by atoms with Gasteiger partial charge in [-0.25, -0.2) is 10.4 Å². The minimum Gasteiger partial charge on any atom is -0.502 e. The number of carbonyl (C=O) groups excluding carboxylic acids is 1. The fourth-order valence-electron chi connectivity index (χ4n) is 2.17. The Bertz CT molecular complexity index is 1020. The van der Waals surface area contributed by atoms with Crippen LogP contribution in [0.15, 0.2) is 63.4 Å². The van der Waals surface area contributed by atoms with E-state index < -0.39 is 16.4 Å². The highest BCUT2D eigenvalue weighted by Crippen LogP contribution is 2.28. The van der Waals surface area contributed by atoms with Crippen LogP contribution in [0.4, 0.5) is 5.69 Å². The van der Waals surface area contributed by atoms with E-state index in [1.807, 2.05) is 35.7 Å². The number of phenolic OH excluding ortho intramolecular Hbond substituents is 1. The van der Waals surface area contributed by atoms with Crippen molar-refractivity contribution >= 4 is 40.9 Å². The lowest BCUT2D eigenvalue weighted by atomic mass is 10.2. The summed E-state index contributed by atoms with van der Waals surface area (Å²) in [6.45, 7) is 0. The molecule has 0 saturated carbocycles. The number of carbonyl (C=O) groups is 1. The molecule has 0 fully saturated rings. The zero-order valence-corrected chi connectivity index (χ0v) is 15.9. The third-order valence-electron chi connectivity index (χ3n) is 3.48. The molecule has 2 aromatic carbocycles. The lowest BCUT2D eigenvalue weighted by molar-refractivity contribution is -0.385. The summed E-state index contributed by atoms with van der Waals surface area (Å²) in [6, 6.07) is 13.6. The topological polar surface area (TPSA) is 118 Å². The number of rotatable bonds is 7. The number of amides is 1. The van der Waals surface area contributed by atoms with Crippen molar-refractivity contribution in [2.75, 3.05) is 5.75 Å². The first-order valence-corrected chi connectivity index (χ1v) is 9.82. The summed E-state index contributed by atoms with van der Waals surface area (Å²) in [5.41, 5.74) is 4.19. The lowest BCUT2D eigenvalue weighted by Gasteiger charge is -1.99. The molecule has 2 N–H and O–H groups in total. The maximum Gasteiger partial charge on any atom is 0.311 e. The van der Waals surface area contributed by atoms with E-state index in [-0.39, 0.29) is 11.7 Å². The molecule has 142 valence electrons. The molecule has 10 heteroatoms. The van der Waals surface area contributed by atoms with Crippen molar-refractivity contribution < 1.29 is 14.8 Å². The summed E-state index contributed by atoms with van der Waals surface area (Å²) in [6.07, 6.45) is 1.27. The van der Waals surface area contributed by atoms with Gasteiger partial charge in [0.1, 0.15) is 0 Å². The summed E-state index contributed by atoms with van der Waals surface area (Å²) >= 11 is 2.76. The molecular formula is C18H14N4O4S2. The minimum atomic E-state index is -0.695. The largest absolute Gasteiger partial charge is 0.502 e. The monoisotopic (exact) mass is 414 g/mol. The summed E-state index contributed by atoms with van der Waals surface area (Å²) in [7, 11) is 0. The Morgan fingerprint density at radius 2 is 2.11 bits per heavy atom. The first kappa shape index (κ1) is 19.5. The summed E-state index contributed by atoms with van der Waals surface area (Å²) < 4.78 is 0.771. The Labute approximate surface area is 168 Å². The van der Waals surface area contributed by atoms with Gasteiger partial charge in [-0.3, -0.25) is 14.9 Å². The Morgan fingerprint density at radius 1 is 1.32 bits per heavy atom. The number of nitrogens with zero attached hydrogens (tertiary/aromatic N) is 3. The molecule has 0 unspecified atom stereocenters. The number of hydrogen-bond acceptors (Lipinski definition) is 8. The van der Waals surface area contributed by atoms with E-state index in [1.54, 1.807) is 0 Å². The molecule has 1 heterocycles. The van der Waals surface area contributed by atoms with E-state index in [0.717, 1.165) is 15.6 Å². The van der Waals surface area contributed by atoms with Crippen molar-refractivity contribution in [3.05, 3.63) is 69.6 Å². The van der Waals surface area contributed by atoms with Crippen molar-refractivity contribution in [3.63, 3.8) is 0 Å². The van der Waals surface area contributed by atoms with E-state index >= 15 is 0 Å². The molecule has 0 radical (unpaired) electrons. The molecule has 3 aromatic rings. The number of nitro groups is 1. The summed E-state index contributed by atoms with van der Waals surface area (Å²) in [5.74, 6) is -0.624. The second kappa shape index (κ2) is 9.11. The van der Waals surface area contributed by atoms with Crippen LogP contribution >= 0.6 is 23.1 Å². The Kier molecular flexibility index (Phi) is 6.35. The van der Waals surface area contributed by atoms with Gasteiger partial charge in [0.05, 0.1) is 22.6 Å². The first-order chi connectivity index (χ1) is 13.5. The quantitative estimate of drug-likeness (QED) is 0.264. The number of thiazole rings is 1. The van der Waals surface area contributed by atoms with Gasteiger partial charge in [-0.05, 0) is 12.1 Å². The molecule has 1 aromatic heterocycles. The molecule has 0 saturated heterocycles. The molecular weight excluding hydrogens is 400 g/mol. The van der Waals surface area contributed by atoms with Gasteiger partial charge >= 0.3 is 5.69 Å². The third-order valence-corrected chi connectivity index (χ3v) is 5.50. The maximum atomic E-state index is 11.9. The number of phenols is 1. The van der Waals surface area contributed by atoms with Gasteiger partial charge in [0.15, 0.2) is 10.1 Å². The third kappa shape index (κ3) is 5.15. The van der Waals surface area contributed by atoms with Crippen LogP contribution in [-0.4, -0.2) is 32.9 Å². The van der Waals surface area contributed by atoms with Crippen molar-refractivity contribution in [3.8, 4) is 17.0 Å². The van der Waals surface area contributed by atoms with Crippen molar-refractivity contribution in [2.24, 2.45) is 5.10 Å². The number of aromatic nitrogens is 1. The van der Waals surface area contributed by atoms with Gasteiger partial charge in [-0.2, -0.15) is 5.10 Å². The van der Waals surface area contributed by atoms with Crippen LogP contribution in [0.25, 0.3) is 11.3 Å². The number of benzene rings is 2. The van der Waals surface area contributed by atoms with Crippen LogP contribution in [0.1, 0.15) is 5.56 Å². The fourth-order valence-corrected chi connectivity index (χ4v) is 3.80. The zero-order chi connectivity index (χ0) is 19.9. The van der Waals surface area contributed by atoms with E-state index in [9.17, 15) is 20.0 Å². The van der Waals surface area contributed by atoms with Crippen LogP contribution in [0.3, 0.4) is 0 Å². The Hall–Kier alpha value is -3.24. The van der Waals surface area contributed by atoms with Gasteiger partial charge in [0.25, 0.3) is 5.91 Å². The molecule has 0 spiro atoms. The SMILES string of the molecule is O=C(CSc1nc(-c2ccccc2)cs1)N/N=C/c1ccc(O)c([N+](=O)[O-])c1. The fraction of sp³-hybridized carbons (Fsp3) is 0.0556. The van der Waals surface area contributed by atoms with Gasteiger partial charge in [-0.15, -0.1) is 11.3 Å². The highest BCUT2D eigenvalue weighted by Gasteiger charge is 2.13. The molecule has 28 heavy (non-hydrogen) atoms. The molecule has 8 nitrogen and oxygen atoms in total. The minimum absolute atomic E-state index is 0.134. The first-order valence-electron chi connectivity index (χ1n) is 7.96. The average Bonchev–Trinajstić information content (AvgIpc) is 3.17. The van der Waals surface area contributed by atoms with E-state index in [1.165, 1.54) is 47.5 Å². The Morgan fingerprint density at radius 3 is 2.86 bits per heavy atom. The van der Waals surface area contributed by atoms with E-state index in [4.69, 9.17) is 0 Å². The second-order valence-corrected chi connectivity index (χ2v) is 7.53. The van der Waals surface area contributed by atoms with E-state index in [0.29, 0.717) is 5.56 Å². The summed E-state index contributed by atoms with van der Waals surface area (Å²) in [4.78, 5) is 26.5. The number of nitrogens with one attached hydrogen (secondary N) is 1. The Balaban J connectivity index is 1.51. The second-order valence-electron chi connectivity index (χ2n) is 5.45. The number of nitro benzene ring substituents is 1. The molecule has 0 aliphatic rings. The van der Waals surface area contributed by atoms with Gasteiger partial charge in [0.2, 0.25) is 0 Å². The number of hydrazone groups is 1. The maximum absolute atomic E-state index is 11.9. The number of aromatic hydroxyl groups is 1. The molecule has 0 aliphatic carbocycles. The van der Waals surface area contributed by atoms with Gasteiger partial charge in [-0.1, -0.05) is 42.1 Å².